The van der Waals surface area contributed by atoms with Gasteiger partial charge in [-0.25, -0.2) is 0 Å². The Kier molecular flexibility index (Phi) is 7.09. The van der Waals surface area contributed by atoms with Gasteiger partial charge >= 0.3 is 0 Å². The Morgan fingerprint density at radius 2 is 2.06 bits per heavy atom. The number of hydrogen-bond donors (Lipinski definition) is 2. The maximum Gasteiger partial charge on any atom is 0.233 e. The Morgan fingerprint density at radius 1 is 1.28 bits per heavy atom. The summed E-state index contributed by atoms with van der Waals surface area (Å²) in [6.07, 6.45) is 1.73. The first-order chi connectivity index (χ1) is 8.63. The molecule has 0 spiro atoms. The summed E-state index contributed by atoms with van der Waals surface area (Å²) in [5.41, 5.74) is 1.03. The fourth-order valence-electron chi connectivity index (χ4n) is 1.48. The molecule has 0 unspecified atom stereocenters. The van der Waals surface area contributed by atoms with Gasteiger partial charge in [-0.05, 0) is 37.1 Å². The van der Waals surface area contributed by atoms with Crippen LogP contribution < -0.4 is 10.6 Å². The van der Waals surface area contributed by atoms with Gasteiger partial charge in [-0.1, -0.05) is 36.2 Å². The van der Waals surface area contributed by atoms with E-state index >= 15 is 0 Å². The largest absolute Gasteiger partial charge is 0.355 e. The van der Waals surface area contributed by atoms with Crippen LogP contribution in [0, 0.1) is 0 Å². The quantitative estimate of drug-likeness (QED) is 0.758. The van der Waals surface area contributed by atoms with Crippen molar-refractivity contribution >= 4 is 29.1 Å². The number of rotatable bonds is 7. The molecule has 5 heteroatoms. The molecule has 0 bridgehead atoms. The van der Waals surface area contributed by atoms with Crippen LogP contribution in [0.3, 0.4) is 0 Å². The Morgan fingerprint density at radius 3 is 2.72 bits per heavy atom. The molecule has 1 aromatic rings. The normalized spacial score (nSPS) is 10.4. The van der Waals surface area contributed by atoms with Gasteiger partial charge in [0.2, 0.25) is 5.91 Å². The van der Waals surface area contributed by atoms with E-state index in [2.05, 4.69) is 10.6 Å². The molecule has 2 N–H and O–H groups in total. The number of carbonyl (C=O) groups is 1. The van der Waals surface area contributed by atoms with Crippen LogP contribution in [0.2, 0.25) is 10.0 Å². The molecule has 0 saturated carbocycles. The molecule has 1 rings (SSSR count). The van der Waals surface area contributed by atoms with Gasteiger partial charge in [-0.3, -0.25) is 4.79 Å². The van der Waals surface area contributed by atoms with Crippen molar-refractivity contribution in [1.29, 1.82) is 0 Å². The van der Waals surface area contributed by atoms with Gasteiger partial charge in [0, 0.05) is 16.6 Å². The molecule has 100 valence electrons. The highest BCUT2D eigenvalue weighted by atomic mass is 35.5. The summed E-state index contributed by atoms with van der Waals surface area (Å²) in [4.78, 5) is 11.3. The first kappa shape index (κ1) is 15.3. The van der Waals surface area contributed by atoms with Gasteiger partial charge in [0.1, 0.15) is 0 Å². The number of halogens is 2. The molecule has 1 aromatic carbocycles. The van der Waals surface area contributed by atoms with E-state index in [4.69, 9.17) is 23.2 Å². The van der Waals surface area contributed by atoms with Crippen molar-refractivity contribution in [2.24, 2.45) is 0 Å². The number of nitrogens with one attached hydrogen (secondary N) is 2. The second kappa shape index (κ2) is 8.35. The predicted molar refractivity (Wildman–Crippen MR) is 76.3 cm³/mol. The van der Waals surface area contributed by atoms with E-state index in [1.807, 2.05) is 19.1 Å². The summed E-state index contributed by atoms with van der Waals surface area (Å²) >= 11 is 11.9. The zero-order valence-electron chi connectivity index (χ0n) is 10.4. The second-order valence-electron chi connectivity index (χ2n) is 4.01. The standard InChI is InChI=1S/C13H18Cl2N2O/c1-2-6-17-13(18)9-16-7-5-10-3-4-11(14)8-12(10)15/h3-4,8,16H,2,5-7,9H2,1H3,(H,17,18). The van der Waals surface area contributed by atoms with Gasteiger partial charge in [-0.15, -0.1) is 0 Å². The first-order valence-corrected chi connectivity index (χ1v) is 6.80. The van der Waals surface area contributed by atoms with Crippen LogP contribution in [0.25, 0.3) is 0 Å². The van der Waals surface area contributed by atoms with E-state index < -0.39 is 0 Å². The SMILES string of the molecule is CCCNC(=O)CNCCc1ccc(Cl)cc1Cl. The lowest BCUT2D eigenvalue weighted by Gasteiger charge is -2.07. The van der Waals surface area contributed by atoms with Crippen LogP contribution in [0.5, 0.6) is 0 Å². The molecule has 0 saturated heterocycles. The highest BCUT2D eigenvalue weighted by molar-refractivity contribution is 6.35. The Bertz CT molecular complexity index is 397. The van der Waals surface area contributed by atoms with Gasteiger partial charge in [0.25, 0.3) is 0 Å². The van der Waals surface area contributed by atoms with E-state index in [9.17, 15) is 4.79 Å². The zero-order chi connectivity index (χ0) is 13.4. The zero-order valence-corrected chi connectivity index (χ0v) is 11.9. The van der Waals surface area contributed by atoms with E-state index in [1.165, 1.54) is 0 Å². The maximum atomic E-state index is 11.3. The van der Waals surface area contributed by atoms with E-state index in [0.29, 0.717) is 23.1 Å². The third kappa shape index (κ3) is 5.71. The molecule has 0 radical (unpaired) electrons. The minimum Gasteiger partial charge on any atom is -0.355 e. The summed E-state index contributed by atoms with van der Waals surface area (Å²) in [6, 6.07) is 5.45. The fourth-order valence-corrected chi connectivity index (χ4v) is 1.98. The summed E-state index contributed by atoms with van der Waals surface area (Å²) in [6.45, 7) is 3.80. The molecular formula is C13H18Cl2N2O. The van der Waals surface area contributed by atoms with Crippen LogP contribution in [-0.2, 0) is 11.2 Å². The van der Waals surface area contributed by atoms with Crippen molar-refractivity contribution in [3.05, 3.63) is 33.8 Å². The third-order valence-corrected chi connectivity index (χ3v) is 3.03. The lowest BCUT2D eigenvalue weighted by molar-refractivity contribution is -0.120. The molecular weight excluding hydrogens is 271 g/mol. The number of carbonyl (C=O) groups excluding carboxylic acids is 1. The Hall–Kier alpha value is -0.770. The van der Waals surface area contributed by atoms with Crippen LogP contribution in [0.1, 0.15) is 18.9 Å². The van der Waals surface area contributed by atoms with Gasteiger partial charge in [-0.2, -0.15) is 0 Å². The molecule has 0 aliphatic heterocycles. The predicted octanol–water partition coefficient (Wildman–Crippen LogP) is 2.65. The lowest BCUT2D eigenvalue weighted by atomic mass is 10.1. The molecule has 3 nitrogen and oxygen atoms in total. The highest BCUT2D eigenvalue weighted by Crippen LogP contribution is 2.20. The smallest absolute Gasteiger partial charge is 0.233 e. The van der Waals surface area contributed by atoms with E-state index in [-0.39, 0.29) is 5.91 Å². The maximum absolute atomic E-state index is 11.3. The van der Waals surface area contributed by atoms with Crippen LogP contribution in [0.4, 0.5) is 0 Å². The summed E-state index contributed by atoms with van der Waals surface area (Å²) in [7, 11) is 0. The third-order valence-electron chi connectivity index (χ3n) is 2.44. The second-order valence-corrected chi connectivity index (χ2v) is 4.86. The van der Waals surface area contributed by atoms with E-state index in [0.717, 1.165) is 24.9 Å². The summed E-state index contributed by atoms with van der Waals surface area (Å²) in [5.74, 6) is 0.0269. The van der Waals surface area contributed by atoms with Crippen molar-refractivity contribution in [3.8, 4) is 0 Å². The van der Waals surface area contributed by atoms with Crippen molar-refractivity contribution in [2.45, 2.75) is 19.8 Å². The van der Waals surface area contributed by atoms with Crippen molar-refractivity contribution in [1.82, 2.24) is 10.6 Å². The lowest BCUT2D eigenvalue weighted by Crippen LogP contribution is -2.35. The van der Waals surface area contributed by atoms with Crippen LogP contribution in [0.15, 0.2) is 18.2 Å². The van der Waals surface area contributed by atoms with Crippen molar-refractivity contribution < 1.29 is 4.79 Å². The highest BCUT2D eigenvalue weighted by Gasteiger charge is 2.02. The van der Waals surface area contributed by atoms with Gasteiger partial charge in [0.05, 0.1) is 6.54 Å². The summed E-state index contributed by atoms with van der Waals surface area (Å²) in [5, 5.41) is 7.19. The average molecular weight is 289 g/mol. The molecule has 0 fully saturated rings. The average Bonchev–Trinajstić information content (AvgIpc) is 2.34. The van der Waals surface area contributed by atoms with Gasteiger partial charge < -0.3 is 10.6 Å². The molecule has 0 atom stereocenters. The molecule has 1 amide bonds. The fraction of sp³-hybridized carbons (Fsp3) is 0.462. The minimum atomic E-state index is 0.0269. The molecule has 0 aromatic heterocycles. The minimum absolute atomic E-state index is 0.0269. The van der Waals surface area contributed by atoms with Gasteiger partial charge in [0.15, 0.2) is 0 Å². The molecule has 0 heterocycles. The number of amides is 1. The Labute approximate surface area is 118 Å². The van der Waals surface area contributed by atoms with Crippen molar-refractivity contribution in [2.75, 3.05) is 19.6 Å². The molecule has 0 aliphatic rings. The monoisotopic (exact) mass is 288 g/mol. The Balaban J connectivity index is 2.23. The van der Waals surface area contributed by atoms with E-state index in [1.54, 1.807) is 6.07 Å². The summed E-state index contributed by atoms with van der Waals surface area (Å²) < 4.78 is 0. The number of benzene rings is 1. The molecule has 0 aliphatic carbocycles. The first-order valence-electron chi connectivity index (χ1n) is 6.04. The topological polar surface area (TPSA) is 41.1 Å². The number of hydrogen-bond acceptors (Lipinski definition) is 2. The molecule has 18 heavy (non-hydrogen) atoms. The van der Waals surface area contributed by atoms with Crippen molar-refractivity contribution in [3.63, 3.8) is 0 Å². The van der Waals surface area contributed by atoms with Crippen LogP contribution >= 0.6 is 23.2 Å². The van der Waals surface area contributed by atoms with Crippen LogP contribution in [-0.4, -0.2) is 25.5 Å².